The molecule has 2 aromatic rings. The van der Waals surface area contributed by atoms with Crippen molar-refractivity contribution >= 4 is 5.91 Å². The lowest BCUT2D eigenvalue weighted by Crippen LogP contribution is -2.25. The Labute approximate surface area is 128 Å². The van der Waals surface area contributed by atoms with Gasteiger partial charge in [0.05, 0.1) is 7.11 Å². The van der Waals surface area contributed by atoms with Crippen molar-refractivity contribution in [2.24, 2.45) is 0 Å². The molecule has 1 heterocycles. The lowest BCUT2D eigenvalue weighted by Gasteiger charge is -2.07. The van der Waals surface area contributed by atoms with Crippen LogP contribution in [0.1, 0.15) is 15.9 Å². The zero-order valence-electron chi connectivity index (χ0n) is 12.3. The van der Waals surface area contributed by atoms with E-state index in [2.05, 4.69) is 5.32 Å². The highest BCUT2D eigenvalue weighted by atomic mass is 16.7. The Balaban J connectivity index is 1.56. The van der Waals surface area contributed by atoms with E-state index in [4.69, 9.17) is 14.2 Å². The van der Waals surface area contributed by atoms with Gasteiger partial charge in [0, 0.05) is 12.1 Å². The topological polar surface area (TPSA) is 56.8 Å². The van der Waals surface area contributed by atoms with Crippen LogP contribution in [0.2, 0.25) is 0 Å². The van der Waals surface area contributed by atoms with Gasteiger partial charge in [-0.1, -0.05) is 12.1 Å². The first kappa shape index (κ1) is 14.3. The lowest BCUT2D eigenvalue weighted by atomic mass is 10.1. The minimum Gasteiger partial charge on any atom is -0.497 e. The Morgan fingerprint density at radius 2 is 2.05 bits per heavy atom. The highest BCUT2D eigenvalue weighted by Crippen LogP contribution is 2.32. The fourth-order valence-corrected chi connectivity index (χ4v) is 2.29. The number of ether oxygens (including phenoxy) is 3. The molecule has 3 rings (SSSR count). The van der Waals surface area contributed by atoms with Crippen molar-refractivity contribution in [2.45, 2.75) is 6.42 Å². The molecule has 1 aliphatic heterocycles. The van der Waals surface area contributed by atoms with Crippen LogP contribution in [-0.4, -0.2) is 26.4 Å². The van der Waals surface area contributed by atoms with Gasteiger partial charge in [-0.25, -0.2) is 0 Å². The van der Waals surface area contributed by atoms with Crippen LogP contribution >= 0.6 is 0 Å². The molecule has 114 valence electrons. The summed E-state index contributed by atoms with van der Waals surface area (Å²) in [5.74, 6) is 1.98. The van der Waals surface area contributed by atoms with Gasteiger partial charge < -0.3 is 19.5 Å². The molecule has 0 spiro atoms. The third-order valence-corrected chi connectivity index (χ3v) is 3.47. The highest BCUT2D eigenvalue weighted by Gasteiger charge is 2.15. The molecule has 1 aliphatic rings. The summed E-state index contributed by atoms with van der Waals surface area (Å²) in [6.07, 6.45) is 0.744. The van der Waals surface area contributed by atoms with Crippen LogP contribution in [0.5, 0.6) is 17.2 Å². The summed E-state index contributed by atoms with van der Waals surface area (Å²) in [4.78, 5) is 12.1. The number of fused-ring (bicyclic) bond motifs is 1. The Bertz CT molecular complexity index is 684. The van der Waals surface area contributed by atoms with Crippen molar-refractivity contribution in [3.63, 3.8) is 0 Å². The number of benzene rings is 2. The second-order valence-electron chi connectivity index (χ2n) is 4.93. The molecule has 22 heavy (non-hydrogen) atoms. The maximum atomic E-state index is 12.1. The molecule has 0 aliphatic carbocycles. The Morgan fingerprint density at radius 1 is 1.18 bits per heavy atom. The summed E-state index contributed by atoms with van der Waals surface area (Å²) in [5.41, 5.74) is 1.68. The summed E-state index contributed by atoms with van der Waals surface area (Å²) in [7, 11) is 1.64. The highest BCUT2D eigenvalue weighted by molar-refractivity contribution is 5.94. The van der Waals surface area contributed by atoms with Crippen LogP contribution in [0.15, 0.2) is 42.5 Å². The van der Waals surface area contributed by atoms with Gasteiger partial charge in [0.15, 0.2) is 11.5 Å². The molecular formula is C17H17NO4. The summed E-state index contributed by atoms with van der Waals surface area (Å²) in [6.45, 7) is 0.761. The van der Waals surface area contributed by atoms with Gasteiger partial charge in [0.2, 0.25) is 6.79 Å². The summed E-state index contributed by atoms with van der Waals surface area (Å²) >= 11 is 0. The smallest absolute Gasteiger partial charge is 0.251 e. The van der Waals surface area contributed by atoms with E-state index in [0.717, 1.165) is 17.7 Å². The van der Waals surface area contributed by atoms with Crippen molar-refractivity contribution in [2.75, 3.05) is 20.4 Å². The molecule has 1 N–H and O–H groups in total. The lowest BCUT2D eigenvalue weighted by molar-refractivity contribution is 0.0953. The van der Waals surface area contributed by atoms with E-state index >= 15 is 0 Å². The molecule has 0 radical (unpaired) electrons. The molecule has 0 aromatic heterocycles. The Morgan fingerprint density at radius 3 is 2.91 bits per heavy atom. The maximum Gasteiger partial charge on any atom is 0.251 e. The average Bonchev–Trinajstić information content (AvgIpc) is 3.02. The van der Waals surface area contributed by atoms with Gasteiger partial charge in [-0.05, 0) is 42.3 Å². The average molecular weight is 299 g/mol. The standard InChI is InChI=1S/C17H17NO4/c1-20-14-4-2-3-12(9-14)7-8-18-17(19)13-5-6-15-16(10-13)22-11-21-15/h2-6,9-10H,7-8,11H2,1H3,(H,18,19). The summed E-state index contributed by atoms with van der Waals surface area (Å²) in [5, 5.41) is 2.90. The van der Waals surface area contributed by atoms with E-state index in [1.54, 1.807) is 25.3 Å². The first-order chi connectivity index (χ1) is 10.8. The van der Waals surface area contributed by atoms with Gasteiger partial charge in [-0.2, -0.15) is 0 Å². The van der Waals surface area contributed by atoms with Gasteiger partial charge in [0.25, 0.3) is 5.91 Å². The van der Waals surface area contributed by atoms with E-state index in [1.807, 2.05) is 24.3 Å². The molecule has 5 nitrogen and oxygen atoms in total. The molecule has 0 atom stereocenters. The zero-order chi connectivity index (χ0) is 15.4. The normalized spacial score (nSPS) is 12.0. The minimum absolute atomic E-state index is 0.124. The molecule has 0 fully saturated rings. The molecule has 1 amide bonds. The number of hydrogen-bond donors (Lipinski definition) is 1. The quantitative estimate of drug-likeness (QED) is 0.921. The van der Waals surface area contributed by atoms with Gasteiger partial charge >= 0.3 is 0 Å². The molecule has 0 saturated carbocycles. The first-order valence-electron chi connectivity index (χ1n) is 7.07. The van der Waals surface area contributed by atoms with Crippen LogP contribution in [0.25, 0.3) is 0 Å². The predicted octanol–water partition coefficient (Wildman–Crippen LogP) is 2.40. The molecule has 5 heteroatoms. The second kappa shape index (κ2) is 6.39. The predicted molar refractivity (Wildman–Crippen MR) is 81.6 cm³/mol. The van der Waals surface area contributed by atoms with Crippen LogP contribution in [-0.2, 0) is 6.42 Å². The number of amides is 1. The SMILES string of the molecule is COc1cccc(CCNC(=O)c2ccc3c(c2)OCO3)c1. The largest absolute Gasteiger partial charge is 0.497 e. The van der Waals surface area contributed by atoms with E-state index in [9.17, 15) is 4.79 Å². The maximum absolute atomic E-state index is 12.1. The molecule has 0 saturated heterocycles. The van der Waals surface area contributed by atoms with Crippen LogP contribution in [0.3, 0.4) is 0 Å². The number of carbonyl (C=O) groups excluding carboxylic acids is 1. The fraction of sp³-hybridized carbons (Fsp3) is 0.235. The zero-order valence-corrected chi connectivity index (χ0v) is 12.3. The van der Waals surface area contributed by atoms with Gasteiger partial charge in [-0.3, -0.25) is 4.79 Å². The summed E-state index contributed by atoms with van der Waals surface area (Å²) in [6, 6.07) is 13.0. The van der Waals surface area contributed by atoms with Gasteiger partial charge in [0.1, 0.15) is 5.75 Å². The van der Waals surface area contributed by atoms with Gasteiger partial charge in [-0.15, -0.1) is 0 Å². The fourth-order valence-electron chi connectivity index (χ4n) is 2.29. The number of methoxy groups -OCH3 is 1. The monoisotopic (exact) mass is 299 g/mol. The van der Waals surface area contributed by atoms with Crippen molar-refractivity contribution in [1.82, 2.24) is 5.32 Å². The minimum atomic E-state index is -0.124. The number of carbonyl (C=O) groups is 1. The van der Waals surface area contributed by atoms with Crippen LogP contribution < -0.4 is 19.5 Å². The third-order valence-electron chi connectivity index (χ3n) is 3.47. The molecule has 0 unspecified atom stereocenters. The number of hydrogen-bond acceptors (Lipinski definition) is 4. The van der Waals surface area contributed by atoms with Crippen molar-refractivity contribution < 1.29 is 19.0 Å². The molecular weight excluding hydrogens is 282 g/mol. The van der Waals surface area contributed by atoms with Crippen molar-refractivity contribution in [3.8, 4) is 17.2 Å². The summed E-state index contributed by atoms with van der Waals surface area (Å²) < 4.78 is 15.7. The Hall–Kier alpha value is -2.69. The van der Waals surface area contributed by atoms with Crippen LogP contribution in [0, 0.1) is 0 Å². The van der Waals surface area contributed by atoms with E-state index < -0.39 is 0 Å². The van der Waals surface area contributed by atoms with E-state index in [0.29, 0.717) is 23.6 Å². The first-order valence-corrected chi connectivity index (χ1v) is 7.07. The number of nitrogens with one attached hydrogen (secondary N) is 1. The van der Waals surface area contributed by atoms with E-state index in [-0.39, 0.29) is 12.7 Å². The molecule has 2 aromatic carbocycles. The Kier molecular flexibility index (Phi) is 4.14. The van der Waals surface area contributed by atoms with Crippen molar-refractivity contribution in [3.05, 3.63) is 53.6 Å². The van der Waals surface area contributed by atoms with Crippen molar-refractivity contribution in [1.29, 1.82) is 0 Å². The third kappa shape index (κ3) is 3.14. The van der Waals surface area contributed by atoms with E-state index in [1.165, 1.54) is 0 Å². The van der Waals surface area contributed by atoms with Crippen LogP contribution in [0.4, 0.5) is 0 Å². The second-order valence-corrected chi connectivity index (χ2v) is 4.93. The molecule has 0 bridgehead atoms. The number of rotatable bonds is 5.